The molecule has 0 radical (unpaired) electrons. The van der Waals surface area contributed by atoms with Crippen molar-refractivity contribution < 1.29 is 18.7 Å². The lowest BCUT2D eigenvalue weighted by molar-refractivity contribution is -0.182. The van der Waals surface area contributed by atoms with Crippen molar-refractivity contribution in [2.45, 2.75) is 44.3 Å². The topological polar surface area (TPSA) is 66.6 Å². The lowest BCUT2D eigenvalue weighted by atomic mass is 9.83. The number of hydrogen-bond acceptors (Lipinski definition) is 6. The van der Waals surface area contributed by atoms with E-state index >= 15 is 0 Å². The van der Waals surface area contributed by atoms with E-state index in [-0.39, 0.29) is 5.79 Å². The number of nitrogens with zero attached hydrogens (tertiary/aromatic N) is 2. The molecule has 1 saturated heterocycles. The average Bonchev–Trinajstić information content (AvgIpc) is 3.28. The molecule has 6 heteroatoms. The van der Waals surface area contributed by atoms with Crippen molar-refractivity contribution in [3.63, 3.8) is 0 Å². The highest BCUT2D eigenvalue weighted by Gasteiger charge is 2.40. The van der Waals surface area contributed by atoms with Crippen LogP contribution in [0.2, 0.25) is 0 Å². The van der Waals surface area contributed by atoms with Crippen molar-refractivity contribution in [2.75, 3.05) is 20.3 Å². The van der Waals surface area contributed by atoms with Crippen LogP contribution in [0.3, 0.4) is 0 Å². The largest absolute Gasteiger partial charge is 0.497 e. The Labute approximate surface area is 147 Å². The number of ether oxygens (including phenoxy) is 3. The van der Waals surface area contributed by atoms with Crippen molar-refractivity contribution in [3.8, 4) is 5.75 Å². The lowest BCUT2D eigenvalue weighted by Gasteiger charge is -2.34. The molecule has 134 valence electrons. The van der Waals surface area contributed by atoms with E-state index in [9.17, 15) is 0 Å². The summed E-state index contributed by atoms with van der Waals surface area (Å²) in [6, 6.07) is 7.94. The highest BCUT2D eigenvalue weighted by Crippen LogP contribution is 2.39. The third-order valence-corrected chi connectivity index (χ3v) is 5.18. The van der Waals surface area contributed by atoms with Crippen LogP contribution >= 0.6 is 0 Å². The minimum absolute atomic E-state index is 0.301. The minimum atomic E-state index is -0.301. The van der Waals surface area contributed by atoms with E-state index in [0.29, 0.717) is 12.3 Å². The van der Waals surface area contributed by atoms with Gasteiger partial charge in [0.2, 0.25) is 5.89 Å². The Morgan fingerprint density at radius 3 is 2.52 bits per heavy atom. The Morgan fingerprint density at radius 2 is 1.84 bits per heavy atom. The van der Waals surface area contributed by atoms with Crippen LogP contribution in [0, 0.1) is 5.92 Å². The van der Waals surface area contributed by atoms with Gasteiger partial charge in [-0.15, -0.1) is 0 Å². The van der Waals surface area contributed by atoms with Gasteiger partial charge in [-0.2, -0.15) is 4.98 Å². The predicted octanol–water partition coefficient (Wildman–Crippen LogP) is 3.14. The van der Waals surface area contributed by atoms with Crippen LogP contribution in [-0.4, -0.2) is 36.3 Å². The molecule has 1 aromatic carbocycles. The molecular formula is C19H24N2O4. The van der Waals surface area contributed by atoms with E-state index < -0.39 is 0 Å². The summed E-state index contributed by atoms with van der Waals surface area (Å²) in [6.45, 7) is 1.45. The number of benzene rings is 1. The molecule has 2 aromatic rings. The van der Waals surface area contributed by atoms with E-state index in [4.69, 9.17) is 18.7 Å². The van der Waals surface area contributed by atoms with Crippen molar-refractivity contribution in [3.05, 3.63) is 41.5 Å². The molecule has 4 rings (SSSR count). The van der Waals surface area contributed by atoms with Gasteiger partial charge in [-0.05, 0) is 36.5 Å². The van der Waals surface area contributed by atoms with Crippen LogP contribution in [0.1, 0.15) is 43.0 Å². The summed E-state index contributed by atoms with van der Waals surface area (Å²) in [6.07, 6.45) is 5.59. The van der Waals surface area contributed by atoms with Crippen LogP contribution in [0.4, 0.5) is 0 Å². The normalized spacial score (nSPS) is 20.2. The maximum absolute atomic E-state index is 5.78. The summed E-state index contributed by atoms with van der Waals surface area (Å²) < 4.78 is 22.2. The summed E-state index contributed by atoms with van der Waals surface area (Å²) in [7, 11) is 1.67. The molecule has 6 nitrogen and oxygen atoms in total. The van der Waals surface area contributed by atoms with E-state index in [1.54, 1.807) is 7.11 Å². The monoisotopic (exact) mass is 344 g/mol. The Hall–Kier alpha value is -1.92. The van der Waals surface area contributed by atoms with Gasteiger partial charge in [-0.1, -0.05) is 17.3 Å². The minimum Gasteiger partial charge on any atom is -0.497 e. The smallest absolute Gasteiger partial charge is 0.226 e. The molecule has 0 N–H and O–H groups in total. The average molecular weight is 344 g/mol. The molecule has 1 aliphatic heterocycles. The fourth-order valence-corrected chi connectivity index (χ4v) is 3.72. The second-order valence-electron chi connectivity index (χ2n) is 6.88. The predicted molar refractivity (Wildman–Crippen MR) is 90.4 cm³/mol. The fourth-order valence-electron chi connectivity index (χ4n) is 3.72. The highest BCUT2D eigenvalue weighted by molar-refractivity contribution is 5.28. The Morgan fingerprint density at radius 1 is 1.12 bits per heavy atom. The molecule has 25 heavy (non-hydrogen) atoms. The molecule has 2 aliphatic rings. The Kier molecular flexibility index (Phi) is 4.72. The molecule has 2 fully saturated rings. The molecule has 0 amide bonds. The molecule has 2 heterocycles. The summed E-state index contributed by atoms with van der Waals surface area (Å²) in [5, 5.41) is 4.12. The van der Waals surface area contributed by atoms with E-state index in [2.05, 4.69) is 10.1 Å². The molecule has 1 saturated carbocycles. The summed E-state index contributed by atoms with van der Waals surface area (Å²) >= 11 is 0. The third kappa shape index (κ3) is 3.85. The first-order chi connectivity index (χ1) is 12.2. The molecular weight excluding hydrogens is 320 g/mol. The molecule has 1 aromatic heterocycles. The quantitative estimate of drug-likeness (QED) is 0.830. The SMILES string of the molecule is COc1ccc(Cc2noc(CC3CCC4(CC3)OCCO4)n2)cc1. The number of rotatable bonds is 5. The van der Waals surface area contributed by atoms with Gasteiger partial charge in [-0.25, -0.2) is 0 Å². The van der Waals surface area contributed by atoms with Crippen molar-refractivity contribution in [2.24, 2.45) is 5.92 Å². The summed E-state index contributed by atoms with van der Waals surface area (Å²) in [5.41, 5.74) is 1.14. The molecule has 1 aliphatic carbocycles. The van der Waals surface area contributed by atoms with Crippen LogP contribution in [0.25, 0.3) is 0 Å². The first kappa shape index (κ1) is 16.5. The van der Waals surface area contributed by atoms with Crippen LogP contribution in [0.15, 0.2) is 28.8 Å². The van der Waals surface area contributed by atoms with Gasteiger partial charge < -0.3 is 18.7 Å². The lowest BCUT2D eigenvalue weighted by Crippen LogP contribution is -2.35. The number of hydrogen-bond donors (Lipinski definition) is 0. The van der Waals surface area contributed by atoms with Crippen molar-refractivity contribution in [1.29, 1.82) is 0 Å². The van der Waals surface area contributed by atoms with Gasteiger partial charge in [0.05, 0.1) is 20.3 Å². The van der Waals surface area contributed by atoms with Gasteiger partial charge in [0, 0.05) is 25.7 Å². The molecule has 0 atom stereocenters. The zero-order chi connectivity index (χ0) is 17.1. The highest BCUT2D eigenvalue weighted by atomic mass is 16.7. The van der Waals surface area contributed by atoms with Gasteiger partial charge in [0.15, 0.2) is 11.6 Å². The van der Waals surface area contributed by atoms with Crippen LogP contribution < -0.4 is 4.74 Å². The zero-order valence-corrected chi connectivity index (χ0v) is 14.6. The van der Waals surface area contributed by atoms with Gasteiger partial charge >= 0.3 is 0 Å². The van der Waals surface area contributed by atoms with E-state index in [1.165, 1.54) is 0 Å². The van der Waals surface area contributed by atoms with Crippen molar-refractivity contribution >= 4 is 0 Å². The van der Waals surface area contributed by atoms with Gasteiger partial charge in [0.25, 0.3) is 0 Å². The summed E-state index contributed by atoms with van der Waals surface area (Å²) in [5.74, 6) is 2.58. The Balaban J connectivity index is 1.30. The molecule has 1 spiro atoms. The van der Waals surface area contributed by atoms with E-state index in [0.717, 1.165) is 68.3 Å². The first-order valence-electron chi connectivity index (χ1n) is 8.97. The second-order valence-corrected chi connectivity index (χ2v) is 6.88. The first-order valence-corrected chi connectivity index (χ1v) is 8.97. The second kappa shape index (κ2) is 7.14. The fraction of sp³-hybridized carbons (Fsp3) is 0.579. The van der Waals surface area contributed by atoms with Gasteiger partial charge in [-0.3, -0.25) is 0 Å². The molecule has 0 bridgehead atoms. The maximum atomic E-state index is 5.78. The van der Waals surface area contributed by atoms with E-state index in [1.807, 2.05) is 24.3 Å². The standard InChI is InChI=1S/C19H24N2O4/c1-22-16-4-2-14(3-5-16)12-17-20-18(25-21-17)13-15-6-8-19(9-7-15)23-10-11-24-19/h2-5,15H,6-13H2,1H3. The van der Waals surface area contributed by atoms with Crippen LogP contribution in [-0.2, 0) is 22.3 Å². The van der Waals surface area contributed by atoms with Crippen molar-refractivity contribution in [1.82, 2.24) is 10.1 Å². The zero-order valence-electron chi connectivity index (χ0n) is 14.6. The van der Waals surface area contributed by atoms with Crippen LogP contribution in [0.5, 0.6) is 5.75 Å². The third-order valence-electron chi connectivity index (χ3n) is 5.18. The number of methoxy groups -OCH3 is 1. The van der Waals surface area contributed by atoms with Gasteiger partial charge in [0.1, 0.15) is 5.75 Å². The maximum Gasteiger partial charge on any atom is 0.226 e. The Bertz CT molecular complexity index is 682. The summed E-state index contributed by atoms with van der Waals surface area (Å²) in [4.78, 5) is 4.56. The number of aromatic nitrogens is 2. The molecule has 0 unspecified atom stereocenters.